The largest absolute Gasteiger partial charge is 0.481 e. The molecule has 1 fully saturated rings. The van der Waals surface area contributed by atoms with Crippen molar-refractivity contribution in [1.29, 1.82) is 5.26 Å². The van der Waals surface area contributed by atoms with Gasteiger partial charge < -0.3 is 20.3 Å². The molecule has 1 saturated heterocycles. The van der Waals surface area contributed by atoms with E-state index in [1.165, 1.54) is 17.1 Å². The van der Waals surface area contributed by atoms with Crippen LogP contribution >= 0.6 is 0 Å². The summed E-state index contributed by atoms with van der Waals surface area (Å²) < 4.78 is 0. The third kappa shape index (κ3) is 4.29. The van der Waals surface area contributed by atoms with E-state index in [0.29, 0.717) is 32.5 Å². The Bertz CT molecular complexity index is 901. The van der Waals surface area contributed by atoms with Crippen LogP contribution in [-0.4, -0.2) is 46.5 Å². The number of para-hydroxylation sites is 1. The van der Waals surface area contributed by atoms with Gasteiger partial charge in [0, 0.05) is 42.9 Å². The number of carbonyl (C=O) groups is 2. The minimum atomic E-state index is -0.822. The summed E-state index contributed by atoms with van der Waals surface area (Å²) in [7, 11) is 0. The topological polar surface area (TPSA) is 109 Å². The maximum atomic E-state index is 12.4. The Labute approximate surface area is 157 Å². The molecule has 1 aliphatic rings. The van der Waals surface area contributed by atoms with E-state index in [0.717, 1.165) is 11.9 Å². The number of carboxylic acids is 1. The molecular weight excluding hydrogens is 344 g/mol. The standard InChI is InChI=1S/C20H22N4O3/c21-11-16(19(25)24-9-6-14(7-10-24)20(26)27)12-22-8-5-15-13-23-18-4-2-1-3-17(15)18/h1-4,12-14,22-23H,5-10H2,(H,26,27)/b16-12-. The first-order valence-corrected chi connectivity index (χ1v) is 9.01. The number of aliphatic carboxylic acids is 1. The molecule has 1 aliphatic heterocycles. The van der Waals surface area contributed by atoms with E-state index in [1.54, 1.807) is 4.90 Å². The van der Waals surface area contributed by atoms with E-state index in [4.69, 9.17) is 5.11 Å². The molecule has 0 atom stereocenters. The number of likely N-dealkylation sites (tertiary alicyclic amines) is 1. The van der Waals surface area contributed by atoms with Crippen molar-refractivity contribution in [1.82, 2.24) is 15.2 Å². The number of hydrogen-bond donors (Lipinski definition) is 3. The Morgan fingerprint density at radius 1 is 1.33 bits per heavy atom. The lowest BCUT2D eigenvalue weighted by Crippen LogP contribution is -2.41. The van der Waals surface area contributed by atoms with Crippen LogP contribution in [0.15, 0.2) is 42.2 Å². The first kappa shape index (κ1) is 18.5. The number of rotatable bonds is 6. The number of nitrogens with one attached hydrogen (secondary N) is 2. The normalized spacial score (nSPS) is 15.5. The summed E-state index contributed by atoms with van der Waals surface area (Å²) in [4.78, 5) is 28.2. The summed E-state index contributed by atoms with van der Waals surface area (Å²) >= 11 is 0. The number of carbonyl (C=O) groups excluding carboxylic acids is 1. The fourth-order valence-electron chi connectivity index (χ4n) is 3.36. The molecule has 7 nitrogen and oxygen atoms in total. The van der Waals surface area contributed by atoms with Gasteiger partial charge in [-0.1, -0.05) is 18.2 Å². The van der Waals surface area contributed by atoms with E-state index in [-0.39, 0.29) is 11.5 Å². The number of aromatic amines is 1. The van der Waals surface area contributed by atoms with E-state index in [9.17, 15) is 14.9 Å². The minimum absolute atomic E-state index is 0.0442. The van der Waals surface area contributed by atoms with Crippen LogP contribution in [0.4, 0.5) is 0 Å². The molecule has 3 rings (SSSR count). The van der Waals surface area contributed by atoms with Crippen molar-refractivity contribution < 1.29 is 14.7 Å². The van der Waals surface area contributed by atoms with Crippen molar-refractivity contribution in [2.24, 2.45) is 5.92 Å². The Morgan fingerprint density at radius 2 is 2.07 bits per heavy atom. The summed E-state index contributed by atoms with van der Waals surface area (Å²) in [6.07, 6.45) is 5.04. The van der Waals surface area contributed by atoms with Gasteiger partial charge in [-0.05, 0) is 30.9 Å². The smallest absolute Gasteiger partial charge is 0.306 e. The third-order valence-corrected chi connectivity index (χ3v) is 4.94. The van der Waals surface area contributed by atoms with Crippen LogP contribution in [0.1, 0.15) is 18.4 Å². The van der Waals surface area contributed by atoms with E-state index in [2.05, 4.69) is 16.4 Å². The average molecular weight is 366 g/mol. The maximum Gasteiger partial charge on any atom is 0.306 e. The van der Waals surface area contributed by atoms with Crippen molar-refractivity contribution in [3.05, 3.63) is 47.8 Å². The Kier molecular flexibility index (Phi) is 5.77. The SMILES string of the molecule is N#C/C(=C/NCCc1c[nH]c2ccccc12)C(=O)N1CCC(C(=O)O)CC1. The molecule has 0 unspecified atom stereocenters. The summed E-state index contributed by atoms with van der Waals surface area (Å²) in [6, 6.07) is 9.99. The fourth-order valence-corrected chi connectivity index (χ4v) is 3.36. The minimum Gasteiger partial charge on any atom is -0.481 e. The highest BCUT2D eigenvalue weighted by atomic mass is 16.4. The lowest BCUT2D eigenvalue weighted by Gasteiger charge is -2.29. The van der Waals surface area contributed by atoms with Crippen LogP contribution in [0.3, 0.4) is 0 Å². The lowest BCUT2D eigenvalue weighted by atomic mass is 9.97. The van der Waals surface area contributed by atoms with Gasteiger partial charge in [-0.25, -0.2) is 0 Å². The molecule has 0 saturated carbocycles. The molecule has 2 aromatic rings. The number of H-pyrrole nitrogens is 1. The number of fused-ring (bicyclic) bond motifs is 1. The van der Waals surface area contributed by atoms with Gasteiger partial charge in [0.25, 0.3) is 5.91 Å². The molecule has 0 spiro atoms. The molecule has 1 amide bonds. The first-order valence-electron chi connectivity index (χ1n) is 9.01. The van der Waals surface area contributed by atoms with Crippen LogP contribution in [0.5, 0.6) is 0 Å². The number of nitrogens with zero attached hydrogens (tertiary/aromatic N) is 2. The van der Waals surface area contributed by atoms with Crippen molar-refractivity contribution in [2.75, 3.05) is 19.6 Å². The second kappa shape index (κ2) is 8.41. The zero-order chi connectivity index (χ0) is 19.2. The van der Waals surface area contributed by atoms with Gasteiger partial charge in [-0.2, -0.15) is 5.26 Å². The van der Waals surface area contributed by atoms with Crippen molar-refractivity contribution in [2.45, 2.75) is 19.3 Å². The highest BCUT2D eigenvalue weighted by Crippen LogP contribution is 2.19. The summed E-state index contributed by atoms with van der Waals surface area (Å²) in [6.45, 7) is 1.33. The Hall–Kier alpha value is -3.27. The Morgan fingerprint density at radius 3 is 2.78 bits per heavy atom. The number of amides is 1. The number of carboxylic acid groups (broad SMARTS) is 1. The maximum absolute atomic E-state index is 12.4. The van der Waals surface area contributed by atoms with Crippen LogP contribution in [0.25, 0.3) is 10.9 Å². The lowest BCUT2D eigenvalue weighted by molar-refractivity contribution is -0.145. The number of benzene rings is 1. The molecule has 1 aromatic heterocycles. The zero-order valence-electron chi connectivity index (χ0n) is 14.9. The summed E-state index contributed by atoms with van der Waals surface area (Å²) in [5.41, 5.74) is 2.30. The summed E-state index contributed by atoms with van der Waals surface area (Å²) in [5, 5.41) is 22.5. The van der Waals surface area contributed by atoms with Gasteiger partial charge in [0.2, 0.25) is 0 Å². The van der Waals surface area contributed by atoms with Crippen LogP contribution in [0, 0.1) is 17.2 Å². The van der Waals surface area contributed by atoms with Gasteiger partial charge >= 0.3 is 5.97 Å². The van der Waals surface area contributed by atoms with Crippen LogP contribution in [0.2, 0.25) is 0 Å². The van der Waals surface area contributed by atoms with Crippen LogP contribution in [-0.2, 0) is 16.0 Å². The molecule has 140 valence electrons. The van der Waals surface area contributed by atoms with E-state index >= 15 is 0 Å². The molecule has 3 N–H and O–H groups in total. The Balaban J connectivity index is 1.53. The third-order valence-electron chi connectivity index (χ3n) is 4.94. The second-order valence-corrected chi connectivity index (χ2v) is 6.64. The molecule has 0 aliphatic carbocycles. The monoisotopic (exact) mass is 366 g/mol. The van der Waals surface area contributed by atoms with E-state index in [1.807, 2.05) is 30.5 Å². The van der Waals surface area contributed by atoms with Gasteiger partial charge in [-0.3, -0.25) is 9.59 Å². The molecule has 27 heavy (non-hydrogen) atoms. The zero-order valence-corrected chi connectivity index (χ0v) is 14.9. The highest BCUT2D eigenvalue weighted by Gasteiger charge is 2.28. The van der Waals surface area contributed by atoms with Crippen LogP contribution < -0.4 is 5.32 Å². The predicted molar refractivity (Wildman–Crippen MR) is 101 cm³/mol. The second-order valence-electron chi connectivity index (χ2n) is 6.64. The molecular formula is C20H22N4O3. The van der Waals surface area contributed by atoms with Crippen molar-refractivity contribution >= 4 is 22.8 Å². The molecule has 0 bridgehead atoms. The molecule has 7 heteroatoms. The van der Waals surface area contributed by atoms with Crippen molar-refractivity contribution in [3.8, 4) is 6.07 Å². The van der Waals surface area contributed by atoms with E-state index < -0.39 is 11.9 Å². The fraction of sp³-hybridized carbons (Fsp3) is 0.350. The molecule has 1 aromatic carbocycles. The number of hydrogen-bond acceptors (Lipinski definition) is 4. The quantitative estimate of drug-likeness (QED) is 0.412. The van der Waals surface area contributed by atoms with Gasteiger partial charge in [0.05, 0.1) is 5.92 Å². The molecule has 0 radical (unpaired) electrons. The number of nitriles is 1. The summed E-state index contributed by atoms with van der Waals surface area (Å²) in [5.74, 6) is -1.57. The predicted octanol–water partition coefficient (Wildman–Crippen LogP) is 2.03. The van der Waals surface area contributed by atoms with Gasteiger partial charge in [0.15, 0.2) is 0 Å². The number of aromatic nitrogens is 1. The van der Waals surface area contributed by atoms with Crippen molar-refractivity contribution in [3.63, 3.8) is 0 Å². The number of piperidine rings is 1. The average Bonchev–Trinajstić information content (AvgIpc) is 3.11. The molecule has 2 heterocycles. The van der Waals surface area contributed by atoms with Gasteiger partial charge in [-0.15, -0.1) is 0 Å². The van der Waals surface area contributed by atoms with Gasteiger partial charge in [0.1, 0.15) is 11.6 Å². The first-order chi connectivity index (χ1) is 13.1. The highest BCUT2D eigenvalue weighted by molar-refractivity contribution is 5.97.